The van der Waals surface area contributed by atoms with Crippen LogP contribution in [-0.2, 0) is 9.53 Å². The van der Waals surface area contributed by atoms with E-state index in [-0.39, 0.29) is 5.91 Å². The maximum Gasteiger partial charge on any atom is 0.252 e. The number of nitrogens with zero attached hydrogens (tertiary/aromatic N) is 1. The van der Waals surface area contributed by atoms with Crippen LogP contribution in [0.5, 0.6) is 0 Å². The topological polar surface area (TPSA) is 53.6 Å². The molecule has 126 valence electrons. The van der Waals surface area contributed by atoms with Crippen LogP contribution in [0.4, 0.5) is 5.69 Å². The third-order valence-electron chi connectivity index (χ3n) is 5.17. The molecule has 1 unspecified atom stereocenters. The highest BCUT2D eigenvalue weighted by atomic mass is 16.5. The Kier molecular flexibility index (Phi) is 5.18. The summed E-state index contributed by atoms with van der Waals surface area (Å²) in [5.41, 5.74) is 0.635. The summed E-state index contributed by atoms with van der Waals surface area (Å²) in [6.45, 7) is 4.48. The Morgan fingerprint density at radius 1 is 1.35 bits per heavy atom. The summed E-state index contributed by atoms with van der Waals surface area (Å²) in [6.07, 6.45) is 2.61. The first-order valence-corrected chi connectivity index (χ1v) is 8.58. The smallest absolute Gasteiger partial charge is 0.252 e. The molecule has 2 aliphatic heterocycles. The molecule has 5 nitrogen and oxygen atoms in total. The van der Waals surface area contributed by atoms with Crippen LogP contribution in [0.1, 0.15) is 19.3 Å². The number of hydrogen-bond acceptors (Lipinski definition) is 4. The van der Waals surface area contributed by atoms with Crippen LogP contribution in [0.2, 0.25) is 0 Å². The van der Waals surface area contributed by atoms with E-state index in [9.17, 15) is 4.79 Å². The summed E-state index contributed by atoms with van der Waals surface area (Å²) in [5, 5.41) is 6.42. The van der Waals surface area contributed by atoms with E-state index in [2.05, 4.69) is 39.8 Å². The molecule has 0 spiro atoms. The monoisotopic (exact) mass is 317 g/mol. The summed E-state index contributed by atoms with van der Waals surface area (Å²) in [4.78, 5) is 15.0. The molecule has 0 saturated carbocycles. The number of anilines is 1. The fraction of sp³-hybridized carbons (Fsp3) is 0.611. The molecule has 0 bridgehead atoms. The van der Waals surface area contributed by atoms with Crippen molar-refractivity contribution in [3.8, 4) is 0 Å². The summed E-state index contributed by atoms with van der Waals surface area (Å²) < 4.78 is 5.58. The fourth-order valence-corrected chi connectivity index (χ4v) is 3.63. The summed E-state index contributed by atoms with van der Waals surface area (Å²) in [5.74, 6) is 0.564. The molecule has 2 fully saturated rings. The molecule has 0 radical (unpaired) electrons. The molecule has 1 amide bonds. The SMILES string of the molecule is COC1(C(=O)NCC2CCN(c3ccccc3)C2)CCNCC1. The van der Waals surface area contributed by atoms with Gasteiger partial charge in [-0.25, -0.2) is 0 Å². The Bertz CT molecular complexity index is 514. The maximum absolute atomic E-state index is 12.6. The van der Waals surface area contributed by atoms with Gasteiger partial charge in [0.1, 0.15) is 5.60 Å². The number of ether oxygens (including phenoxy) is 1. The molecular formula is C18H27N3O2. The molecule has 2 heterocycles. The number of nitrogens with one attached hydrogen (secondary N) is 2. The average Bonchev–Trinajstić information content (AvgIpc) is 3.10. The molecule has 0 aromatic heterocycles. The van der Waals surface area contributed by atoms with Gasteiger partial charge in [0.25, 0.3) is 5.91 Å². The van der Waals surface area contributed by atoms with Gasteiger partial charge in [-0.2, -0.15) is 0 Å². The van der Waals surface area contributed by atoms with Crippen molar-refractivity contribution >= 4 is 11.6 Å². The quantitative estimate of drug-likeness (QED) is 0.862. The molecule has 2 saturated heterocycles. The van der Waals surface area contributed by atoms with Crippen LogP contribution in [0, 0.1) is 5.92 Å². The number of piperidine rings is 1. The van der Waals surface area contributed by atoms with Gasteiger partial charge in [0.05, 0.1) is 0 Å². The molecule has 23 heavy (non-hydrogen) atoms. The Hall–Kier alpha value is -1.59. The largest absolute Gasteiger partial charge is 0.371 e. The van der Waals surface area contributed by atoms with Gasteiger partial charge in [0.15, 0.2) is 0 Å². The van der Waals surface area contributed by atoms with Crippen LogP contribution in [0.3, 0.4) is 0 Å². The van der Waals surface area contributed by atoms with E-state index >= 15 is 0 Å². The van der Waals surface area contributed by atoms with Gasteiger partial charge in [-0.3, -0.25) is 4.79 Å². The van der Waals surface area contributed by atoms with Gasteiger partial charge in [0.2, 0.25) is 0 Å². The van der Waals surface area contributed by atoms with Gasteiger partial charge in [-0.15, -0.1) is 0 Å². The van der Waals surface area contributed by atoms with Gasteiger partial charge >= 0.3 is 0 Å². The number of rotatable bonds is 5. The first kappa shape index (κ1) is 16.3. The zero-order chi connectivity index (χ0) is 16.1. The molecule has 1 atom stereocenters. The summed E-state index contributed by atoms with van der Waals surface area (Å²) in [7, 11) is 1.65. The lowest BCUT2D eigenvalue weighted by Crippen LogP contribution is -2.54. The highest BCUT2D eigenvalue weighted by molar-refractivity contribution is 5.85. The van der Waals surface area contributed by atoms with E-state index in [4.69, 9.17) is 4.74 Å². The normalized spacial score (nSPS) is 23.7. The fourth-order valence-electron chi connectivity index (χ4n) is 3.63. The summed E-state index contributed by atoms with van der Waals surface area (Å²) >= 11 is 0. The van der Waals surface area contributed by atoms with E-state index in [1.54, 1.807) is 7.11 Å². The number of amides is 1. The second-order valence-electron chi connectivity index (χ2n) is 6.59. The molecule has 1 aromatic carbocycles. The number of methoxy groups -OCH3 is 1. The third kappa shape index (κ3) is 3.67. The lowest BCUT2D eigenvalue weighted by Gasteiger charge is -2.35. The van der Waals surface area contributed by atoms with E-state index in [0.717, 1.165) is 52.0 Å². The molecule has 5 heteroatoms. The van der Waals surface area contributed by atoms with Crippen molar-refractivity contribution < 1.29 is 9.53 Å². The van der Waals surface area contributed by atoms with Crippen molar-refractivity contribution in [1.82, 2.24) is 10.6 Å². The third-order valence-corrected chi connectivity index (χ3v) is 5.17. The van der Waals surface area contributed by atoms with Crippen molar-refractivity contribution in [3.63, 3.8) is 0 Å². The van der Waals surface area contributed by atoms with Crippen molar-refractivity contribution in [2.24, 2.45) is 5.92 Å². The van der Waals surface area contributed by atoms with E-state index in [1.807, 2.05) is 6.07 Å². The average molecular weight is 317 g/mol. The van der Waals surface area contributed by atoms with Crippen LogP contribution in [0.15, 0.2) is 30.3 Å². The maximum atomic E-state index is 12.6. The van der Waals surface area contributed by atoms with Crippen molar-refractivity contribution in [1.29, 1.82) is 0 Å². The zero-order valence-electron chi connectivity index (χ0n) is 13.9. The molecule has 0 aliphatic carbocycles. The summed E-state index contributed by atoms with van der Waals surface area (Å²) in [6, 6.07) is 10.5. The molecular weight excluding hydrogens is 290 g/mol. The minimum Gasteiger partial charge on any atom is -0.371 e. The van der Waals surface area contributed by atoms with Gasteiger partial charge in [-0.1, -0.05) is 18.2 Å². The van der Waals surface area contributed by atoms with Crippen molar-refractivity contribution in [2.75, 3.05) is 44.7 Å². The van der Waals surface area contributed by atoms with Gasteiger partial charge < -0.3 is 20.3 Å². The second-order valence-corrected chi connectivity index (χ2v) is 6.59. The first-order valence-electron chi connectivity index (χ1n) is 8.58. The lowest BCUT2D eigenvalue weighted by atomic mass is 9.91. The zero-order valence-corrected chi connectivity index (χ0v) is 13.9. The standard InChI is InChI=1S/C18H27N3O2/c1-23-18(8-10-19-11-9-18)17(22)20-13-15-7-12-21(14-15)16-5-3-2-4-6-16/h2-6,15,19H,7-14H2,1H3,(H,20,22). The number of carbonyl (C=O) groups is 1. The number of para-hydroxylation sites is 1. The van der Waals surface area contributed by atoms with Gasteiger partial charge in [-0.05, 0) is 50.4 Å². The van der Waals surface area contributed by atoms with Crippen LogP contribution < -0.4 is 15.5 Å². The molecule has 3 rings (SSSR count). The van der Waals surface area contributed by atoms with Crippen molar-refractivity contribution in [3.05, 3.63) is 30.3 Å². The first-order chi connectivity index (χ1) is 11.2. The van der Waals surface area contributed by atoms with Gasteiger partial charge in [0, 0.05) is 32.4 Å². The number of carbonyl (C=O) groups excluding carboxylic acids is 1. The van der Waals surface area contributed by atoms with E-state index in [0.29, 0.717) is 5.92 Å². The minimum atomic E-state index is -0.636. The van der Waals surface area contributed by atoms with E-state index in [1.165, 1.54) is 5.69 Å². The highest BCUT2D eigenvalue weighted by Gasteiger charge is 2.39. The molecule has 2 N–H and O–H groups in total. The Balaban J connectivity index is 1.50. The lowest BCUT2D eigenvalue weighted by molar-refractivity contribution is -0.146. The second kappa shape index (κ2) is 7.32. The van der Waals surface area contributed by atoms with Crippen LogP contribution in [-0.4, -0.2) is 51.3 Å². The number of benzene rings is 1. The highest BCUT2D eigenvalue weighted by Crippen LogP contribution is 2.25. The molecule has 1 aromatic rings. The predicted molar refractivity (Wildman–Crippen MR) is 91.6 cm³/mol. The Labute approximate surface area is 138 Å². The minimum absolute atomic E-state index is 0.0552. The van der Waals surface area contributed by atoms with E-state index < -0.39 is 5.60 Å². The van der Waals surface area contributed by atoms with Crippen molar-refractivity contribution in [2.45, 2.75) is 24.9 Å². The Morgan fingerprint density at radius 3 is 2.78 bits per heavy atom. The number of hydrogen-bond donors (Lipinski definition) is 2. The Morgan fingerprint density at radius 2 is 2.09 bits per heavy atom. The molecule has 2 aliphatic rings. The van der Waals surface area contributed by atoms with Crippen LogP contribution >= 0.6 is 0 Å². The van der Waals surface area contributed by atoms with Crippen LogP contribution in [0.25, 0.3) is 0 Å². The predicted octanol–water partition coefficient (Wildman–Crippen LogP) is 1.40.